The predicted octanol–water partition coefficient (Wildman–Crippen LogP) is 4.95. The van der Waals surface area contributed by atoms with Crippen LogP contribution in [0.2, 0.25) is 0 Å². The predicted molar refractivity (Wildman–Crippen MR) is 134 cm³/mol. The van der Waals surface area contributed by atoms with Crippen LogP contribution in [-0.4, -0.2) is 34.4 Å². The van der Waals surface area contributed by atoms with E-state index >= 15 is 0 Å². The number of benzene rings is 3. The molecule has 4 aromatic rings. The minimum Gasteiger partial charge on any atom is -0.480 e. The van der Waals surface area contributed by atoms with Gasteiger partial charge in [0.25, 0.3) is 0 Å². The van der Waals surface area contributed by atoms with E-state index in [-0.39, 0.29) is 25.5 Å². The molecule has 6 nitrogen and oxygen atoms in total. The number of rotatable bonds is 7. The molecule has 0 radical (unpaired) electrons. The molecule has 0 bridgehead atoms. The van der Waals surface area contributed by atoms with Crippen LogP contribution in [-0.2, 0) is 22.5 Å². The van der Waals surface area contributed by atoms with Crippen molar-refractivity contribution in [2.24, 2.45) is 0 Å². The van der Waals surface area contributed by atoms with Gasteiger partial charge >= 0.3 is 12.1 Å². The highest BCUT2D eigenvalue weighted by Gasteiger charge is 2.30. The second kappa shape index (κ2) is 9.59. The van der Waals surface area contributed by atoms with Crippen LogP contribution >= 0.6 is 0 Å². The van der Waals surface area contributed by atoms with Crippen LogP contribution in [0.15, 0.2) is 72.9 Å². The second-order valence-corrected chi connectivity index (χ2v) is 8.71. The fourth-order valence-corrected chi connectivity index (χ4v) is 4.94. The van der Waals surface area contributed by atoms with Crippen LogP contribution in [0.3, 0.4) is 0 Å². The topological polar surface area (TPSA) is 80.6 Å². The van der Waals surface area contributed by atoms with E-state index in [4.69, 9.17) is 11.2 Å². The van der Waals surface area contributed by atoms with E-state index in [1.165, 1.54) is 12.1 Å². The van der Waals surface area contributed by atoms with Crippen LogP contribution in [0.25, 0.3) is 22.0 Å². The molecule has 1 aliphatic rings. The van der Waals surface area contributed by atoms with Crippen molar-refractivity contribution in [3.63, 3.8) is 0 Å². The zero-order chi connectivity index (χ0) is 25.2. The maximum Gasteiger partial charge on any atom is 0.407 e. The molecule has 5 rings (SSSR count). The first kappa shape index (κ1) is 23.2. The van der Waals surface area contributed by atoms with Gasteiger partial charge in [-0.25, -0.2) is 14.0 Å². The maximum atomic E-state index is 13.9. The molecule has 1 atom stereocenters. The quantitative estimate of drug-likeness (QED) is 0.366. The number of hydrogen-bond donors (Lipinski definition) is 2. The number of aliphatic carboxylic acids is 1. The third-order valence-electron chi connectivity index (χ3n) is 6.55. The van der Waals surface area contributed by atoms with Gasteiger partial charge in [0.15, 0.2) is 0 Å². The first-order valence-electron chi connectivity index (χ1n) is 11.5. The minimum absolute atomic E-state index is 0.0585. The van der Waals surface area contributed by atoms with Gasteiger partial charge in [-0.1, -0.05) is 54.5 Å². The van der Waals surface area contributed by atoms with Gasteiger partial charge in [-0.15, -0.1) is 6.42 Å². The van der Waals surface area contributed by atoms with Gasteiger partial charge in [0.05, 0.1) is 6.54 Å². The number of amides is 1. The fraction of sp³-hybridized carbons (Fsp3) is 0.172. The van der Waals surface area contributed by atoms with Gasteiger partial charge in [-0.3, -0.25) is 0 Å². The number of ether oxygens (including phenoxy) is 1. The number of nitrogens with one attached hydrogen (secondary N) is 1. The Morgan fingerprint density at radius 1 is 1.08 bits per heavy atom. The average molecular weight is 483 g/mol. The van der Waals surface area contributed by atoms with Crippen molar-refractivity contribution in [2.45, 2.75) is 24.9 Å². The Labute approximate surface area is 207 Å². The van der Waals surface area contributed by atoms with Crippen LogP contribution in [0.4, 0.5) is 9.18 Å². The standard InChI is InChI=1S/C29H23FN2O4/c1-2-13-32-16-18(24-15-19(30)11-12-27(24)32)14-26(28(33)34)31-29(35)36-17-25-22-9-5-3-7-20(22)21-8-4-6-10-23(21)25/h1,3-12,15-16,25-26H,13-14,17H2,(H,31,35)(H,33,34)/t26-/m0/s1. The Hall–Kier alpha value is -4.57. The molecule has 1 heterocycles. The molecule has 0 aliphatic heterocycles. The highest BCUT2D eigenvalue weighted by Crippen LogP contribution is 2.44. The molecule has 36 heavy (non-hydrogen) atoms. The SMILES string of the molecule is C#CCn1cc(C[C@H](NC(=O)OCC2c3ccccc3-c3ccccc32)C(=O)O)c2cc(F)ccc21. The van der Waals surface area contributed by atoms with Gasteiger partial charge in [0.1, 0.15) is 18.5 Å². The highest BCUT2D eigenvalue weighted by atomic mass is 19.1. The van der Waals surface area contributed by atoms with E-state index in [1.807, 2.05) is 48.5 Å². The van der Waals surface area contributed by atoms with Gasteiger partial charge in [-0.2, -0.15) is 0 Å². The number of halogens is 1. The third-order valence-corrected chi connectivity index (χ3v) is 6.55. The Kier molecular flexibility index (Phi) is 6.17. The highest BCUT2D eigenvalue weighted by molar-refractivity contribution is 5.86. The molecule has 1 aromatic heterocycles. The molecule has 3 aromatic carbocycles. The molecule has 0 unspecified atom stereocenters. The summed E-state index contributed by atoms with van der Waals surface area (Å²) < 4.78 is 21.2. The summed E-state index contributed by atoms with van der Waals surface area (Å²) >= 11 is 0. The van der Waals surface area contributed by atoms with E-state index in [1.54, 1.807) is 16.8 Å². The number of terminal acetylenes is 1. The van der Waals surface area contributed by atoms with Crippen LogP contribution in [0, 0.1) is 18.2 Å². The Balaban J connectivity index is 1.32. The van der Waals surface area contributed by atoms with Gasteiger partial charge in [-0.05, 0) is 46.0 Å². The zero-order valence-corrected chi connectivity index (χ0v) is 19.3. The molecule has 2 N–H and O–H groups in total. The van der Waals surface area contributed by atoms with Crippen LogP contribution in [0.5, 0.6) is 0 Å². The zero-order valence-electron chi connectivity index (χ0n) is 19.3. The summed E-state index contributed by atoms with van der Waals surface area (Å²) in [6.07, 6.45) is 6.24. The Bertz CT molecular complexity index is 1470. The number of fused-ring (bicyclic) bond motifs is 4. The number of nitrogens with zero attached hydrogens (tertiary/aromatic N) is 1. The molecular weight excluding hydrogens is 459 g/mol. The van der Waals surface area contributed by atoms with Gasteiger partial charge in [0, 0.05) is 29.4 Å². The smallest absolute Gasteiger partial charge is 0.407 e. The summed E-state index contributed by atoms with van der Waals surface area (Å²) in [5.74, 6) is 0.721. The molecule has 0 fully saturated rings. The lowest BCUT2D eigenvalue weighted by atomic mass is 9.98. The molecule has 0 saturated heterocycles. The summed E-state index contributed by atoms with van der Waals surface area (Å²) in [6.45, 7) is 0.318. The molecule has 0 spiro atoms. The van der Waals surface area contributed by atoms with Crippen LogP contribution < -0.4 is 5.32 Å². The summed E-state index contributed by atoms with van der Waals surface area (Å²) in [6, 6.07) is 18.9. The number of alkyl carbamates (subject to hydrolysis) is 1. The number of aromatic nitrogens is 1. The largest absolute Gasteiger partial charge is 0.480 e. The van der Waals surface area contributed by atoms with E-state index in [9.17, 15) is 19.1 Å². The maximum absolute atomic E-state index is 13.9. The molecule has 0 saturated carbocycles. The van der Waals surface area contributed by atoms with Crippen molar-refractivity contribution >= 4 is 23.0 Å². The lowest BCUT2D eigenvalue weighted by Gasteiger charge is -2.17. The molecule has 1 amide bonds. The Morgan fingerprint density at radius 3 is 2.39 bits per heavy atom. The van der Waals surface area contributed by atoms with Crippen molar-refractivity contribution in [1.29, 1.82) is 0 Å². The second-order valence-electron chi connectivity index (χ2n) is 8.71. The van der Waals surface area contributed by atoms with Crippen molar-refractivity contribution in [3.05, 3.63) is 95.4 Å². The fourth-order valence-electron chi connectivity index (χ4n) is 4.94. The van der Waals surface area contributed by atoms with E-state index in [0.717, 1.165) is 22.3 Å². The Morgan fingerprint density at radius 2 is 1.75 bits per heavy atom. The summed E-state index contributed by atoms with van der Waals surface area (Å²) in [7, 11) is 0. The van der Waals surface area contributed by atoms with Gasteiger partial charge in [0.2, 0.25) is 0 Å². The summed E-state index contributed by atoms with van der Waals surface area (Å²) in [5.41, 5.74) is 5.57. The molecule has 180 valence electrons. The van der Waals surface area contributed by atoms with E-state index in [2.05, 4.69) is 11.2 Å². The third kappa shape index (κ3) is 4.29. The number of hydrogen-bond acceptors (Lipinski definition) is 3. The van der Waals surface area contributed by atoms with Crippen molar-refractivity contribution in [1.82, 2.24) is 9.88 Å². The minimum atomic E-state index is -1.27. The number of carbonyl (C=O) groups excluding carboxylic acids is 1. The van der Waals surface area contributed by atoms with Crippen molar-refractivity contribution in [2.75, 3.05) is 6.61 Å². The number of carboxylic acid groups (broad SMARTS) is 1. The van der Waals surface area contributed by atoms with Crippen molar-refractivity contribution < 1.29 is 23.8 Å². The van der Waals surface area contributed by atoms with Crippen LogP contribution in [0.1, 0.15) is 22.6 Å². The molecule has 7 heteroatoms. The lowest BCUT2D eigenvalue weighted by Crippen LogP contribution is -2.42. The summed E-state index contributed by atoms with van der Waals surface area (Å²) in [4.78, 5) is 24.6. The summed E-state index contributed by atoms with van der Waals surface area (Å²) in [5, 5.41) is 12.8. The van der Waals surface area contributed by atoms with E-state index < -0.39 is 23.9 Å². The first-order chi connectivity index (χ1) is 17.5. The lowest BCUT2D eigenvalue weighted by molar-refractivity contribution is -0.139. The molecule has 1 aliphatic carbocycles. The number of carboxylic acids is 1. The first-order valence-corrected chi connectivity index (χ1v) is 11.5. The average Bonchev–Trinajstić information content (AvgIpc) is 3.37. The van der Waals surface area contributed by atoms with E-state index in [0.29, 0.717) is 16.5 Å². The van der Waals surface area contributed by atoms with Gasteiger partial charge < -0.3 is 19.7 Å². The van der Waals surface area contributed by atoms with Crippen molar-refractivity contribution in [3.8, 4) is 23.5 Å². The normalized spacial score (nSPS) is 13.0. The monoisotopic (exact) mass is 482 g/mol. The molecular formula is C29H23FN2O4. The number of carbonyl (C=O) groups is 2.